The Morgan fingerprint density at radius 2 is 2.29 bits per heavy atom. The lowest BCUT2D eigenvalue weighted by Crippen LogP contribution is -2.11. The van der Waals surface area contributed by atoms with Crippen LogP contribution in [-0.4, -0.2) is 15.1 Å². The third kappa shape index (κ3) is 2.68. The number of aromatic amines is 1. The Morgan fingerprint density at radius 3 is 3.00 bits per heavy atom. The Morgan fingerprint density at radius 1 is 1.53 bits per heavy atom. The van der Waals surface area contributed by atoms with Crippen LogP contribution in [0.4, 0.5) is 0 Å². The molecule has 0 amide bonds. The van der Waals surface area contributed by atoms with Gasteiger partial charge in [0.05, 0.1) is 21.7 Å². The van der Waals surface area contributed by atoms with Gasteiger partial charge in [-0.15, -0.1) is 0 Å². The molecular weight excluding hydrogens is 260 g/mol. The van der Waals surface area contributed by atoms with Gasteiger partial charge in [0.2, 0.25) is 0 Å². The van der Waals surface area contributed by atoms with E-state index in [0.717, 1.165) is 11.8 Å². The zero-order chi connectivity index (χ0) is 12.4. The summed E-state index contributed by atoms with van der Waals surface area (Å²) in [4.78, 5) is 29.5. The van der Waals surface area contributed by atoms with Crippen molar-refractivity contribution in [2.45, 2.75) is 12.7 Å². The van der Waals surface area contributed by atoms with E-state index in [1.165, 1.54) is 6.92 Å². The smallest absolute Gasteiger partial charge is 0.258 e. The highest BCUT2D eigenvalue weighted by atomic mass is 35.5. The van der Waals surface area contributed by atoms with Crippen molar-refractivity contribution in [2.75, 3.05) is 0 Å². The minimum absolute atomic E-state index is 0.0214. The van der Waals surface area contributed by atoms with Gasteiger partial charge in [0, 0.05) is 6.92 Å². The van der Waals surface area contributed by atoms with Crippen molar-refractivity contribution < 1.29 is 4.79 Å². The molecule has 0 radical (unpaired) electrons. The summed E-state index contributed by atoms with van der Waals surface area (Å²) in [7, 11) is 0. The molecule has 0 atom stereocenters. The van der Waals surface area contributed by atoms with Gasteiger partial charge < -0.3 is 4.98 Å². The average Bonchev–Trinajstić information content (AvgIpc) is 2.28. The Bertz CT molecular complexity index is 639. The maximum Gasteiger partial charge on any atom is 0.258 e. The van der Waals surface area contributed by atoms with Gasteiger partial charge in [0.25, 0.3) is 5.56 Å². The molecule has 0 saturated carbocycles. The quantitative estimate of drug-likeness (QED) is 0.908. The lowest BCUT2D eigenvalue weighted by atomic mass is 10.2. The predicted molar refractivity (Wildman–Crippen MR) is 69.3 cm³/mol. The van der Waals surface area contributed by atoms with E-state index in [9.17, 15) is 9.59 Å². The first-order valence-electron chi connectivity index (χ1n) is 4.88. The fraction of sp³-hybridized carbons (Fsp3) is 0.182. The van der Waals surface area contributed by atoms with Gasteiger partial charge in [0.1, 0.15) is 5.82 Å². The van der Waals surface area contributed by atoms with Crippen molar-refractivity contribution in [3.05, 3.63) is 39.4 Å². The molecule has 0 bridgehead atoms. The first-order chi connectivity index (χ1) is 8.08. The maximum absolute atomic E-state index is 11.7. The normalized spacial score (nSPS) is 10.7. The summed E-state index contributed by atoms with van der Waals surface area (Å²) < 4.78 is 0. The highest BCUT2D eigenvalue weighted by Crippen LogP contribution is 2.19. The maximum atomic E-state index is 11.7. The van der Waals surface area contributed by atoms with Crippen LogP contribution >= 0.6 is 23.4 Å². The molecule has 0 saturated heterocycles. The molecular formula is C11H9ClN2O2S. The zero-order valence-corrected chi connectivity index (χ0v) is 10.6. The van der Waals surface area contributed by atoms with Crippen molar-refractivity contribution in [3.8, 4) is 0 Å². The van der Waals surface area contributed by atoms with E-state index in [2.05, 4.69) is 9.97 Å². The molecule has 0 aliphatic rings. The number of carbonyl (C=O) groups excluding carboxylic acids is 1. The van der Waals surface area contributed by atoms with E-state index >= 15 is 0 Å². The Balaban J connectivity index is 2.50. The third-order valence-corrected chi connectivity index (χ3v) is 3.28. The minimum atomic E-state index is -0.239. The van der Waals surface area contributed by atoms with Crippen LogP contribution in [0, 0.1) is 0 Å². The van der Waals surface area contributed by atoms with Crippen LogP contribution in [-0.2, 0) is 10.5 Å². The molecule has 1 heterocycles. The standard InChI is InChI=1S/C11H9ClN2O2S/c1-6(15)17-5-9-13-10-7(11(16)14-9)3-2-4-8(10)12/h2-4H,5H2,1H3,(H,13,14,16). The van der Waals surface area contributed by atoms with Crippen LogP contribution in [0.2, 0.25) is 5.02 Å². The second-order valence-corrected chi connectivity index (χ2v) is 4.99. The first-order valence-corrected chi connectivity index (χ1v) is 6.25. The Kier molecular flexibility index (Phi) is 3.49. The van der Waals surface area contributed by atoms with Crippen molar-refractivity contribution >= 4 is 39.4 Å². The van der Waals surface area contributed by atoms with E-state index in [4.69, 9.17) is 11.6 Å². The number of rotatable bonds is 2. The molecule has 2 rings (SSSR count). The summed E-state index contributed by atoms with van der Waals surface area (Å²) in [5.74, 6) is 0.793. The molecule has 0 spiro atoms. The molecule has 0 aliphatic heterocycles. The first kappa shape index (κ1) is 12.1. The van der Waals surface area contributed by atoms with Crippen molar-refractivity contribution in [1.29, 1.82) is 0 Å². The number of hydrogen-bond acceptors (Lipinski definition) is 4. The number of thioether (sulfide) groups is 1. The molecule has 6 heteroatoms. The number of aromatic nitrogens is 2. The second-order valence-electron chi connectivity index (χ2n) is 3.43. The topological polar surface area (TPSA) is 62.8 Å². The molecule has 4 nitrogen and oxygen atoms in total. The van der Waals surface area contributed by atoms with Gasteiger partial charge in [-0.25, -0.2) is 4.98 Å². The summed E-state index contributed by atoms with van der Waals surface area (Å²) in [5.41, 5.74) is 0.230. The molecule has 0 fully saturated rings. The van der Waals surface area contributed by atoms with E-state index in [0.29, 0.717) is 27.5 Å². The molecule has 0 aliphatic carbocycles. The second kappa shape index (κ2) is 4.89. The summed E-state index contributed by atoms with van der Waals surface area (Å²) in [6.07, 6.45) is 0. The molecule has 1 N–H and O–H groups in total. The van der Waals surface area contributed by atoms with Gasteiger partial charge in [-0.3, -0.25) is 9.59 Å². The van der Waals surface area contributed by atoms with E-state index in [1.54, 1.807) is 18.2 Å². The highest BCUT2D eigenvalue weighted by molar-refractivity contribution is 8.12. The molecule has 0 unspecified atom stereocenters. The minimum Gasteiger partial charge on any atom is -0.309 e. The van der Waals surface area contributed by atoms with Gasteiger partial charge >= 0.3 is 0 Å². The van der Waals surface area contributed by atoms with Gasteiger partial charge in [-0.05, 0) is 12.1 Å². The summed E-state index contributed by atoms with van der Waals surface area (Å²) in [6.45, 7) is 1.47. The number of hydrogen-bond donors (Lipinski definition) is 1. The summed E-state index contributed by atoms with van der Waals surface area (Å²) in [6, 6.07) is 5.04. The van der Waals surface area contributed by atoms with Crippen molar-refractivity contribution in [3.63, 3.8) is 0 Å². The number of H-pyrrole nitrogens is 1. The SMILES string of the molecule is CC(=O)SCc1nc2c(Cl)cccc2c(=O)[nH]1. The van der Waals surface area contributed by atoms with Crippen LogP contribution in [0.25, 0.3) is 10.9 Å². The Hall–Kier alpha value is -1.33. The number of benzene rings is 1. The molecule has 17 heavy (non-hydrogen) atoms. The molecule has 88 valence electrons. The average molecular weight is 269 g/mol. The number of fused-ring (bicyclic) bond motifs is 1. The summed E-state index contributed by atoms with van der Waals surface area (Å²) >= 11 is 7.07. The fourth-order valence-electron chi connectivity index (χ4n) is 1.41. The highest BCUT2D eigenvalue weighted by Gasteiger charge is 2.07. The largest absolute Gasteiger partial charge is 0.309 e. The zero-order valence-electron chi connectivity index (χ0n) is 8.99. The monoisotopic (exact) mass is 268 g/mol. The Labute approximate surface area is 106 Å². The molecule has 1 aromatic heterocycles. The number of para-hydroxylation sites is 1. The van der Waals surface area contributed by atoms with Gasteiger partial charge in [0.15, 0.2) is 5.12 Å². The number of halogens is 1. The van der Waals surface area contributed by atoms with Gasteiger partial charge in [-0.2, -0.15) is 0 Å². The van der Waals surface area contributed by atoms with Crippen LogP contribution in [0.1, 0.15) is 12.7 Å². The van der Waals surface area contributed by atoms with Crippen LogP contribution in [0.5, 0.6) is 0 Å². The number of nitrogens with one attached hydrogen (secondary N) is 1. The van der Waals surface area contributed by atoms with E-state index < -0.39 is 0 Å². The van der Waals surface area contributed by atoms with Crippen molar-refractivity contribution in [1.82, 2.24) is 9.97 Å². The summed E-state index contributed by atoms with van der Waals surface area (Å²) in [5, 5.41) is 0.864. The van der Waals surface area contributed by atoms with E-state index in [1.807, 2.05) is 0 Å². The van der Waals surface area contributed by atoms with Crippen LogP contribution < -0.4 is 5.56 Å². The molecule has 1 aromatic carbocycles. The lowest BCUT2D eigenvalue weighted by molar-refractivity contribution is -0.109. The number of carbonyl (C=O) groups is 1. The van der Waals surface area contributed by atoms with Crippen LogP contribution in [0.15, 0.2) is 23.0 Å². The van der Waals surface area contributed by atoms with Crippen LogP contribution in [0.3, 0.4) is 0 Å². The number of nitrogens with zero attached hydrogens (tertiary/aromatic N) is 1. The predicted octanol–water partition coefficient (Wildman–Crippen LogP) is 2.36. The third-order valence-electron chi connectivity index (χ3n) is 2.15. The fourth-order valence-corrected chi connectivity index (χ4v) is 2.11. The lowest BCUT2D eigenvalue weighted by Gasteiger charge is -2.02. The molecule has 2 aromatic rings. The van der Waals surface area contributed by atoms with Gasteiger partial charge in [-0.1, -0.05) is 29.4 Å². The van der Waals surface area contributed by atoms with E-state index in [-0.39, 0.29) is 10.7 Å². The van der Waals surface area contributed by atoms with Crippen molar-refractivity contribution in [2.24, 2.45) is 0 Å².